The third-order valence-electron chi connectivity index (χ3n) is 3.79. The fourth-order valence-electron chi connectivity index (χ4n) is 2.22. The first-order valence-corrected chi connectivity index (χ1v) is 7.65. The molecule has 6 heteroatoms. The summed E-state index contributed by atoms with van der Waals surface area (Å²) in [5.41, 5.74) is 7.26. The maximum Gasteiger partial charge on any atom is 0.255 e. The zero-order chi connectivity index (χ0) is 17.1. The second kappa shape index (κ2) is 6.54. The van der Waals surface area contributed by atoms with Crippen molar-refractivity contribution in [2.45, 2.75) is 12.8 Å². The van der Waals surface area contributed by atoms with E-state index < -0.39 is 5.91 Å². The minimum atomic E-state index is -0.536. The summed E-state index contributed by atoms with van der Waals surface area (Å²) in [7, 11) is 0. The maximum absolute atomic E-state index is 12.2. The number of nitrogens with two attached hydrogens (primary N) is 1. The first kappa shape index (κ1) is 15.7. The monoisotopic (exact) mass is 323 g/mol. The Morgan fingerprint density at radius 1 is 0.792 bits per heavy atom. The number of carbonyl (C=O) groups is 3. The maximum atomic E-state index is 12.2. The first-order valence-electron chi connectivity index (χ1n) is 7.65. The van der Waals surface area contributed by atoms with E-state index in [-0.39, 0.29) is 17.7 Å². The highest BCUT2D eigenvalue weighted by molar-refractivity contribution is 6.05. The van der Waals surface area contributed by atoms with Crippen LogP contribution in [0.4, 0.5) is 11.4 Å². The SMILES string of the molecule is NC(=O)c1ccc(C(=O)Nc2ccc(NC(=O)C3CC3)cc2)cc1. The lowest BCUT2D eigenvalue weighted by atomic mass is 10.1. The third kappa shape index (κ3) is 3.78. The van der Waals surface area contributed by atoms with Gasteiger partial charge in [0.15, 0.2) is 0 Å². The standard InChI is InChI=1S/C18H17N3O3/c19-16(22)11-1-3-12(4-2-11)17(23)20-14-7-9-15(10-8-14)21-18(24)13-5-6-13/h1-4,7-10,13H,5-6H2,(H2,19,22)(H,20,23)(H,21,24). The highest BCUT2D eigenvalue weighted by atomic mass is 16.2. The molecule has 2 aromatic carbocycles. The molecule has 0 saturated heterocycles. The fraction of sp³-hybridized carbons (Fsp3) is 0.167. The van der Waals surface area contributed by atoms with E-state index in [0.717, 1.165) is 12.8 Å². The van der Waals surface area contributed by atoms with Crippen molar-refractivity contribution in [3.8, 4) is 0 Å². The van der Waals surface area contributed by atoms with Crippen molar-refractivity contribution in [3.63, 3.8) is 0 Å². The summed E-state index contributed by atoms with van der Waals surface area (Å²) in [6.07, 6.45) is 1.91. The van der Waals surface area contributed by atoms with E-state index >= 15 is 0 Å². The van der Waals surface area contributed by atoms with E-state index in [1.54, 1.807) is 36.4 Å². The number of benzene rings is 2. The van der Waals surface area contributed by atoms with Gasteiger partial charge in [-0.25, -0.2) is 0 Å². The van der Waals surface area contributed by atoms with Crippen LogP contribution < -0.4 is 16.4 Å². The van der Waals surface area contributed by atoms with Crippen LogP contribution in [-0.4, -0.2) is 17.7 Å². The Balaban J connectivity index is 1.61. The summed E-state index contributed by atoms with van der Waals surface area (Å²) in [6, 6.07) is 13.0. The predicted octanol–water partition coefficient (Wildman–Crippen LogP) is 2.39. The van der Waals surface area contributed by atoms with Gasteiger partial charge in [0, 0.05) is 28.4 Å². The smallest absolute Gasteiger partial charge is 0.255 e. The molecule has 122 valence electrons. The third-order valence-corrected chi connectivity index (χ3v) is 3.79. The zero-order valence-corrected chi connectivity index (χ0v) is 12.9. The zero-order valence-electron chi connectivity index (χ0n) is 12.9. The number of hydrogen-bond acceptors (Lipinski definition) is 3. The van der Waals surface area contributed by atoms with Gasteiger partial charge in [0.2, 0.25) is 11.8 Å². The van der Waals surface area contributed by atoms with Crippen molar-refractivity contribution in [1.82, 2.24) is 0 Å². The van der Waals surface area contributed by atoms with Crippen LogP contribution in [0.3, 0.4) is 0 Å². The predicted molar refractivity (Wildman–Crippen MR) is 90.7 cm³/mol. The highest BCUT2D eigenvalue weighted by Crippen LogP contribution is 2.30. The van der Waals surface area contributed by atoms with Crippen LogP contribution in [0.25, 0.3) is 0 Å². The Bertz CT molecular complexity index is 778. The quantitative estimate of drug-likeness (QED) is 0.787. The molecule has 1 saturated carbocycles. The van der Waals surface area contributed by atoms with Crippen molar-refractivity contribution in [3.05, 3.63) is 59.7 Å². The molecule has 6 nitrogen and oxygen atoms in total. The molecule has 0 heterocycles. The van der Waals surface area contributed by atoms with Crippen LogP contribution >= 0.6 is 0 Å². The largest absolute Gasteiger partial charge is 0.366 e. The van der Waals surface area contributed by atoms with Crippen LogP contribution in [0, 0.1) is 5.92 Å². The summed E-state index contributed by atoms with van der Waals surface area (Å²) in [5.74, 6) is -0.638. The average molecular weight is 323 g/mol. The second-order valence-corrected chi connectivity index (χ2v) is 5.74. The topological polar surface area (TPSA) is 101 Å². The molecule has 4 N–H and O–H groups in total. The van der Waals surface area contributed by atoms with Crippen LogP contribution in [0.1, 0.15) is 33.6 Å². The van der Waals surface area contributed by atoms with Gasteiger partial charge >= 0.3 is 0 Å². The minimum Gasteiger partial charge on any atom is -0.366 e. The molecular formula is C18H17N3O3. The summed E-state index contributed by atoms with van der Waals surface area (Å²) < 4.78 is 0. The molecule has 0 spiro atoms. The summed E-state index contributed by atoms with van der Waals surface area (Å²) >= 11 is 0. The van der Waals surface area contributed by atoms with Gasteiger partial charge in [-0.15, -0.1) is 0 Å². The average Bonchev–Trinajstić information content (AvgIpc) is 3.41. The Kier molecular flexibility index (Phi) is 4.29. The Morgan fingerprint density at radius 3 is 1.79 bits per heavy atom. The van der Waals surface area contributed by atoms with E-state index in [0.29, 0.717) is 22.5 Å². The van der Waals surface area contributed by atoms with Gasteiger partial charge in [0.05, 0.1) is 0 Å². The van der Waals surface area contributed by atoms with Gasteiger partial charge in [-0.2, -0.15) is 0 Å². The van der Waals surface area contributed by atoms with Gasteiger partial charge in [-0.1, -0.05) is 0 Å². The van der Waals surface area contributed by atoms with Crippen LogP contribution in [-0.2, 0) is 4.79 Å². The molecule has 1 aliphatic carbocycles. The highest BCUT2D eigenvalue weighted by Gasteiger charge is 2.29. The lowest BCUT2D eigenvalue weighted by Gasteiger charge is -2.08. The van der Waals surface area contributed by atoms with E-state index in [2.05, 4.69) is 10.6 Å². The molecule has 0 aromatic heterocycles. The fourth-order valence-corrected chi connectivity index (χ4v) is 2.22. The number of hydrogen-bond donors (Lipinski definition) is 3. The molecule has 0 atom stereocenters. The van der Waals surface area contributed by atoms with Crippen LogP contribution in [0.5, 0.6) is 0 Å². The van der Waals surface area contributed by atoms with Gasteiger partial charge < -0.3 is 16.4 Å². The molecule has 0 bridgehead atoms. The number of primary amides is 1. The van der Waals surface area contributed by atoms with E-state index in [9.17, 15) is 14.4 Å². The molecule has 1 fully saturated rings. The van der Waals surface area contributed by atoms with Crippen LogP contribution in [0.2, 0.25) is 0 Å². The molecule has 1 aliphatic rings. The van der Waals surface area contributed by atoms with Crippen molar-refractivity contribution < 1.29 is 14.4 Å². The van der Waals surface area contributed by atoms with Crippen molar-refractivity contribution >= 4 is 29.1 Å². The summed E-state index contributed by atoms with van der Waals surface area (Å²) in [6.45, 7) is 0. The summed E-state index contributed by atoms with van der Waals surface area (Å²) in [5, 5.41) is 5.59. The van der Waals surface area contributed by atoms with E-state index in [1.807, 2.05) is 0 Å². The van der Waals surface area contributed by atoms with Crippen molar-refractivity contribution in [1.29, 1.82) is 0 Å². The van der Waals surface area contributed by atoms with E-state index in [1.165, 1.54) is 12.1 Å². The minimum absolute atomic E-state index is 0.0429. The van der Waals surface area contributed by atoms with Gasteiger partial charge in [0.25, 0.3) is 5.91 Å². The lowest BCUT2D eigenvalue weighted by molar-refractivity contribution is -0.117. The number of nitrogens with one attached hydrogen (secondary N) is 2. The van der Waals surface area contributed by atoms with Crippen LogP contribution in [0.15, 0.2) is 48.5 Å². The summed E-state index contributed by atoms with van der Waals surface area (Å²) in [4.78, 5) is 34.9. The number of amides is 3. The van der Waals surface area contributed by atoms with Crippen molar-refractivity contribution in [2.24, 2.45) is 11.7 Å². The van der Waals surface area contributed by atoms with E-state index in [4.69, 9.17) is 5.73 Å². The lowest BCUT2D eigenvalue weighted by Crippen LogP contribution is -2.14. The molecule has 0 radical (unpaired) electrons. The normalized spacial score (nSPS) is 13.2. The Labute approximate surface area is 139 Å². The molecule has 0 unspecified atom stereocenters. The van der Waals surface area contributed by atoms with Crippen molar-refractivity contribution in [2.75, 3.05) is 10.6 Å². The Morgan fingerprint density at radius 2 is 1.29 bits per heavy atom. The van der Waals surface area contributed by atoms with Gasteiger partial charge in [-0.05, 0) is 61.4 Å². The molecule has 2 aromatic rings. The molecular weight excluding hydrogens is 306 g/mol. The number of anilines is 2. The molecule has 3 rings (SSSR count). The Hall–Kier alpha value is -3.15. The second-order valence-electron chi connectivity index (χ2n) is 5.74. The molecule has 24 heavy (non-hydrogen) atoms. The van der Waals surface area contributed by atoms with Gasteiger partial charge in [-0.3, -0.25) is 14.4 Å². The first-order chi connectivity index (χ1) is 11.5. The molecule has 0 aliphatic heterocycles. The number of rotatable bonds is 5. The molecule has 3 amide bonds. The van der Waals surface area contributed by atoms with Gasteiger partial charge in [0.1, 0.15) is 0 Å². The number of carbonyl (C=O) groups excluding carboxylic acids is 3.